The quantitative estimate of drug-likeness (QED) is 0.870. The summed E-state index contributed by atoms with van der Waals surface area (Å²) in [6, 6.07) is 11.0. The highest BCUT2D eigenvalue weighted by atomic mass is 35.5. The van der Waals surface area contributed by atoms with Crippen molar-refractivity contribution in [3.63, 3.8) is 0 Å². The van der Waals surface area contributed by atoms with E-state index in [1.54, 1.807) is 24.3 Å². The molecular formula is C13H11ClFNO. The number of rotatable bonds is 3. The summed E-state index contributed by atoms with van der Waals surface area (Å²) in [5, 5.41) is 13.2. The summed E-state index contributed by atoms with van der Waals surface area (Å²) in [5.74, 6) is -0.136. The second kappa shape index (κ2) is 5.06. The summed E-state index contributed by atoms with van der Waals surface area (Å²) in [6.45, 7) is 0.385. The lowest BCUT2D eigenvalue weighted by molar-refractivity contribution is 0.469. The van der Waals surface area contributed by atoms with Crippen LogP contribution < -0.4 is 5.32 Å². The standard InChI is InChI=1S/C13H11ClFNO/c14-10-4-5-13(17)9(6-10)8-16-12-3-1-2-11(15)7-12/h1-7,16-17H,8H2. The Balaban J connectivity index is 2.09. The van der Waals surface area contributed by atoms with Crippen LogP contribution in [0.15, 0.2) is 42.5 Å². The number of halogens is 2. The number of aromatic hydroxyl groups is 1. The van der Waals surface area contributed by atoms with Crippen LogP contribution in [-0.4, -0.2) is 5.11 Å². The summed E-state index contributed by atoms with van der Waals surface area (Å²) < 4.78 is 12.9. The first kappa shape index (κ1) is 11.7. The molecule has 0 radical (unpaired) electrons. The van der Waals surface area contributed by atoms with E-state index in [1.807, 2.05) is 0 Å². The van der Waals surface area contributed by atoms with Gasteiger partial charge in [-0.1, -0.05) is 17.7 Å². The molecule has 0 unspecified atom stereocenters. The fraction of sp³-hybridized carbons (Fsp3) is 0.0769. The van der Waals surface area contributed by atoms with Gasteiger partial charge in [0.15, 0.2) is 0 Å². The maximum Gasteiger partial charge on any atom is 0.125 e. The van der Waals surface area contributed by atoms with E-state index in [-0.39, 0.29) is 11.6 Å². The van der Waals surface area contributed by atoms with Crippen LogP contribution in [0.25, 0.3) is 0 Å². The molecule has 0 aliphatic rings. The number of phenolic OH excluding ortho intramolecular Hbond substituents is 1. The Morgan fingerprint density at radius 3 is 2.76 bits per heavy atom. The molecule has 0 bridgehead atoms. The second-order valence-corrected chi connectivity index (χ2v) is 4.07. The number of anilines is 1. The van der Waals surface area contributed by atoms with Crippen molar-refractivity contribution < 1.29 is 9.50 Å². The zero-order valence-corrected chi connectivity index (χ0v) is 9.71. The molecule has 17 heavy (non-hydrogen) atoms. The van der Waals surface area contributed by atoms with Crippen molar-refractivity contribution in [3.05, 3.63) is 58.9 Å². The molecule has 0 saturated heterocycles. The van der Waals surface area contributed by atoms with Gasteiger partial charge in [0.1, 0.15) is 11.6 Å². The molecule has 2 rings (SSSR count). The van der Waals surface area contributed by atoms with Crippen LogP contribution in [0.3, 0.4) is 0 Å². The van der Waals surface area contributed by atoms with Gasteiger partial charge in [0.25, 0.3) is 0 Å². The minimum absolute atomic E-state index is 0.165. The lowest BCUT2D eigenvalue weighted by Gasteiger charge is -2.08. The molecule has 4 heteroatoms. The Hall–Kier alpha value is -1.74. The molecule has 0 fully saturated rings. The molecule has 0 atom stereocenters. The van der Waals surface area contributed by atoms with Gasteiger partial charge in [-0.05, 0) is 36.4 Å². The van der Waals surface area contributed by atoms with Gasteiger partial charge in [-0.3, -0.25) is 0 Å². The Bertz CT molecular complexity index is 531. The average molecular weight is 252 g/mol. The molecule has 2 nitrogen and oxygen atoms in total. The molecule has 2 N–H and O–H groups in total. The second-order valence-electron chi connectivity index (χ2n) is 3.64. The van der Waals surface area contributed by atoms with Crippen molar-refractivity contribution >= 4 is 17.3 Å². The van der Waals surface area contributed by atoms with Crippen LogP contribution in [0, 0.1) is 5.82 Å². The Morgan fingerprint density at radius 1 is 1.18 bits per heavy atom. The predicted molar refractivity (Wildman–Crippen MR) is 66.8 cm³/mol. The first-order valence-corrected chi connectivity index (χ1v) is 5.50. The number of phenols is 1. The normalized spacial score (nSPS) is 10.2. The van der Waals surface area contributed by atoms with Gasteiger partial charge in [0.05, 0.1) is 0 Å². The highest BCUT2D eigenvalue weighted by Gasteiger charge is 2.02. The minimum Gasteiger partial charge on any atom is -0.508 e. The number of nitrogens with one attached hydrogen (secondary N) is 1. The maximum absolute atomic E-state index is 12.9. The summed E-state index contributed by atoms with van der Waals surface area (Å²) in [7, 11) is 0. The zero-order valence-electron chi connectivity index (χ0n) is 8.95. The summed E-state index contributed by atoms with van der Waals surface area (Å²) in [6.07, 6.45) is 0. The van der Waals surface area contributed by atoms with Crippen molar-refractivity contribution in [2.75, 3.05) is 5.32 Å². The van der Waals surface area contributed by atoms with E-state index in [9.17, 15) is 9.50 Å². The van der Waals surface area contributed by atoms with Crippen LogP contribution in [-0.2, 0) is 6.54 Å². The van der Waals surface area contributed by atoms with Crippen LogP contribution in [0.5, 0.6) is 5.75 Å². The Kier molecular flexibility index (Phi) is 3.49. The third-order valence-electron chi connectivity index (χ3n) is 2.35. The Morgan fingerprint density at radius 2 is 2.00 bits per heavy atom. The molecule has 2 aromatic rings. The molecule has 0 heterocycles. The first-order valence-electron chi connectivity index (χ1n) is 5.12. The number of hydrogen-bond donors (Lipinski definition) is 2. The van der Waals surface area contributed by atoms with E-state index >= 15 is 0 Å². The molecule has 0 spiro atoms. The highest BCUT2D eigenvalue weighted by molar-refractivity contribution is 6.30. The van der Waals surface area contributed by atoms with Gasteiger partial charge in [0, 0.05) is 22.8 Å². The molecule has 88 valence electrons. The molecule has 0 saturated carbocycles. The van der Waals surface area contributed by atoms with Gasteiger partial charge in [0.2, 0.25) is 0 Å². The van der Waals surface area contributed by atoms with Crippen molar-refractivity contribution in [2.45, 2.75) is 6.54 Å². The van der Waals surface area contributed by atoms with Crippen LogP contribution in [0.4, 0.5) is 10.1 Å². The molecule has 2 aromatic carbocycles. The van der Waals surface area contributed by atoms with Gasteiger partial charge in [-0.25, -0.2) is 4.39 Å². The zero-order chi connectivity index (χ0) is 12.3. The van der Waals surface area contributed by atoms with Crippen molar-refractivity contribution in [1.82, 2.24) is 0 Å². The minimum atomic E-state index is -0.301. The molecular weight excluding hydrogens is 241 g/mol. The average Bonchev–Trinajstić information content (AvgIpc) is 2.30. The van der Waals surface area contributed by atoms with Crippen LogP contribution >= 0.6 is 11.6 Å². The Labute approximate surface area is 104 Å². The summed E-state index contributed by atoms with van der Waals surface area (Å²) in [4.78, 5) is 0. The van der Waals surface area contributed by atoms with E-state index in [1.165, 1.54) is 18.2 Å². The smallest absolute Gasteiger partial charge is 0.125 e. The first-order chi connectivity index (χ1) is 8.15. The third-order valence-corrected chi connectivity index (χ3v) is 2.58. The van der Waals surface area contributed by atoms with Crippen molar-refractivity contribution in [1.29, 1.82) is 0 Å². The SMILES string of the molecule is Oc1ccc(Cl)cc1CNc1cccc(F)c1. The van der Waals surface area contributed by atoms with Crippen molar-refractivity contribution in [2.24, 2.45) is 0 Å². The van der Waals surface area contributed by atoms with Gasteiger partial charge in [-0.2, -0.15) is 0 Å². The fourth-order valence-corrected chi connectivity index (χ4v) is 1.69. The molecule has 0 aliphatic heterocycles. The lowest BCUT2D eigenvalue weighted by Crippen LogP contribution is -1.99. The van der Waals surface area contributed by atoms with Crippen LogP contribution in [0.1, 0.15) is 5.56 Å². The largest absolute Gasteiger partial charge is 0.508 e. The monoisotopic (exact) mass is 251 g/mol. The lowest BCUT2D eigenvalue weighted by atomic mass is 10.2. The number of hydrogen-bond acceptors (Lipinski definition) is 2. The van der Waals surface area contributed by atoms with Gasteiger partial charge < -0.3 is 10.4 Å². The van der Waals surface area contributed by atoms with Crippen molar-refractivity contribution in [3.8, 4) is 5.75 Å². The fourth-order valence-electron chi connectivity index (χ4n) is 1.49. The van der Waals surface area contributed by atoms with E-state index in [2.05, 4.69) is 5.32 Å². The van der Waals surface area contributed by atoms with Crippen LogP contribution in [0.2, 0.25) is 5.02 Å². The maximum atomic E-state index is 12.9. The van der Waals surface area contributed by atoms with E-state index in [0.717, 1.165) is 0 Å². The van der Waals surface area contributed by atoms with E-state index in [4.69, 9.17) is 11.6 Å². The van der Waals surface area contributed by atoms with Gasteiger partial charge in [-0.15, -0.1) is 0 Å². The molecule has 0 aliphatic carbocycles. The topological polar surface area (TPSA) is 32.3 Å². The summed E-state index contributed by atoms with van der Waals surface area (Å²) >= 11 is 5.82. The van der Waals surface area contributed by atoms with E-state index in [0.29, 0.717) is 22.8 Å². The van der Waals surface area contributed by atoms with Gasteiger partial charge >= 0.3 is 0 Å². The number of benzene rings is 2. The third kappa shape index (κ3) is 3.11. The van der Waals surface area contributed by atoms with E-state index < -0.39 is 0 Å². The highest BCUT2D eigenvalue weighted by Crippen LogP contribution is 2.22. The summed E-state index contributed by atoms with van der Waals surface area (Å²) in [5.41, 5.74) is 1.33. The predicted octanol–water partition coefficient (Wildman–Crippen LogP) is 3.80. The molecule has 0 aromatic heterocycles. The molecule has 0 amide bonds.